The van der Waals surface area contributed by atoms with Crippen molar-refractivity contribution in [3.8, 4) is 0 Å². The molecule has 0 bridgehead atoms. The number of hydrogen-bond acceptors (Lipinski definition) is 4. The molecule has 4 aromatic rings. The van der Waals surface area contributed by atoms with Gasteiger partial charge in [-0.15, -0.1) is 0 Å². The molecule has 1 aliphatic heterocycles. The summed E-state index contributed by atoms with van der Waals surface area (Å²) < 4.78 is 57.2. The maximum atomic E-state index is 14.0. The van der Waals surface area contributed by atoms with Crippen molar-refractivity contribution < 1.29 is 17.2 Å². The molecule has 2 heterocycles. The minimum atomic E-state index is -4.17. The van der Waals surface area contributed by atoms with E-state index >= 15 is 0 Å². The van der Waals surface area contributed by atoms with Crippen LogP contribution in [0.5, 0.6) is 0 Å². The highest BCUT2D eigenvalue weighted by Gasteiger charge is 2.28. The average molecular weight is 534 g/mol. The summed E-state index contributed by atoms with van der Waals surface area (Å²) in [5.74, 6) is 0. The van der Waals surface area contributed by atoms with E-state index in [0.717, 1.165) is 53.0 Å². The van der Waals surface area contributed by atoms with Crippen LogP contribution >= 0.6 is 15.9 Å². The molecule has 3 aromatic carbocycles. The summed E-state index contributed by atoms with van der Waals surface area (Å²) in [5.41, 5.74) is 1.76. The smallest absolute Gasteiger partial charge is 0.268 e. The van der Waals surface area contributed by atoms with Gasteiger partial charge < -0.3 is 10.2 Å². The van der Waals surface area contributed by atoms with E-state index < -0.39 is 16.4 Å². The Morgan fingerprint density at radius 1 is 1.00 bits per heavy atom. The van der Waals surface area contributed by atoms with E-state index in [1.165, 1.54) is 6.07 Å². The highest BCUT2D eigenvalue weighted by atomic mass is 79.9. The van der Waals surface area contributed by atoms with Gasteiger partial charge in [-0.1, -0.05) is 40.2 Å². The molecule has 5 rings (SSSR count). The highest BCUT2D eigenvalue weighted by Crippen LogP contribution is 2.38. The Balaban J connectivity index is 1.80. The fraction of sp³-hybridized carbons (Fsp3) is 0.250. The Bertz CT molecular complexity index is 1480. The maximum absolute atomic E-state index is 14.0. The van der Waals surface area contributed by atoms with Crippen molar-refractivity contribution >= 4 is 53.3 Å². The molecule has 33 heavy (non-hydrogen) atoms. The first-order valence-electron chi connectivity index (χ1n) is 10.6. The van der Waals surface area contributed by atoms with Gasteiger partial charge in [-0.2, -0.15) is 0 Å². The standard InChI is InChI=1S/C24H22BrF2N3O2S/c1-15-17-4-2-3-5-18(17)23(13-22(15)29-10-8-28-9-11-29)33(31,32)30-14-20(24(26)27)19-12-16(25)6-7-21(19)30/h2-7,12-14,24,28H,8-11H2,1H3. The minimum absolute atomic E-state index is 0.109. The van der Waals surface area contributed by atoms with Gasteiger partial charge in [0.05, 0.1) is 10.4 Å². The van der Waals surface area contributed by atoms with Crippen molar-refractivity contribution in [2.45, 2.75) is 18.2 Å². The molecule has 0 unspecified atom stereocenters. The van der Waals surface area contributed by atoms with Crippen LogP contribution in [0.1, 0.15) is 17.6 Å². The summed E-state index contributed by atoms with van der Waals surface area (Å²) >= 11 is 3.30. The van der Waals surface area contributed by atoms with Crippen molar-refractivity contribution in [3.05, 3.63) is 70.3 Å². The molecule has 0 saturated carbocycles. The normalized spacial score (nSPS) is 15.1. The third kappa shape index (κ3) is 3.72. The Kier molecular flexibility index (Phi) is 5.66. The molecular weight excluding hydrogens is 512 g/mol. The zero-order valence-corrected chi connectivity index (χ0v) is 20.3. The first-order chi connectivity index (χ1) is 15.8. The third-order valence-corrected chi connectivity index (χ3v) is 8.45. The van der Waals surface area contributed by atoms with Crippen LogP contribution in [0.3, 0.4) is 0 Å². The molecule has 0 radical (unpaired) electrons. The SMILES string of the molecule is Cc1c(N2CCNCC2)cc(S(=O)(=O)n2cc(C(F)F)c3cc(Br)ccc32)c2ccccc12. The van der Waals surface area contributed by atoms with Crippen molar-refractivity contribution in [3.63, 3.8) is 0 Å². The molecule has 0 aliphatic carbocycles. The van der Waals surface area contributed by atoms with Gasteiger partial charge in [0.2, 0.25) is 0 Å². The fourth-order valence-electron chi connectivity index (χ4n) is 4.60. The quantitative estimate of drug-likeness (QED) is 0.379. The van der Waals surface area contributed by atoms with Crippen LogP contribution in [0, 0.1) is 6.92 Å². The van der Waals surface area contributed by atoms with Crippen molar-refractivity contribution in [2.75, 3.05) is 31.1 Å². The summed E-state index contributed by atoms with van der Waals surface area (Å²) in [7, 11) is -4.17. The predicted octanol–water partition coefficient (Wildman–Crippen LogP) is 5.45. The number of hydrogen-bond donors (Lipinski definition) is 1. The molecule has 9 heteroatoms. The molecule has 172 valence electrons. The van der Waals surface area contributed by atoms with Crippen LogP contribution in [0.2, 0.25) is 0 Å². The summed E-state index contributed by atoms with van der Waals surface area (Å²) in [4.78, 5) is 2.28. The Hall–Kier alpha value is -2.49. The number of fused-ring (bicyclic) bond motifs is 2. The zero-order valence-electron chi connectivity index (χ0n) is 17.9. The van der Waals surface area contributed by atoms with Gasteiger partial charge in [-0.3, -0.25) is 0 Å². The molecule has 5 nitrogen and oxygen atoms in total. The lowest BCUT2D eigenvalue weighted by Crippen LogP contribution is -2.43. The molecule has 1 saturated heterocycles. The number of nitrogens with one attached hydrogen (secondary N) is 1. The lowest BCUT2D eigenvalue weighted by Gasteiger charge is -2.31. The number of nitrogens with zero attached hydrogens (tertiary/aromatic N) is 2. The minimum Gasteiger partial charge on any atom is -0.369 e. The lowest BCUT2D eigenvalue weighted by atomic mass is 10.0. The van der Waals surface area contributed by atoms with Crippen molar-refractivity contribution in [2.24, 2.45) is 0 Å². The molecule has 1 aliphatic rings. The van der Waals surface area contributed by atoms with Crippen molar-refractivity contribution in [1.82, 2.24) is 9.29 Å². The summed E-state index contributed by atoms with van der Waals surface area (Å²) in [6.07, 6.45) is -1.75. The first kappa shape index (κ1) is 22.3. The predicted molar refractivity (Wildman–Crippen MR) is 131 cm³/mol. The van der Waals surface area contributed by atoms with Crippen molar-refractivity contribution in [1.29, 1.82) is 0 Å². The maximum Gasteiger partial charge on any atom is 0.268 e. The van der Waals surface area contributed by atoms with E-state index in [0.29, 0.717) is 9.86 Å². The molecule has 1 fully saturated rings. The molecule has 0 spiro atoms. The van der Waals surface area contributed by atoms with E-state index in [1.807, 2.05) is 19.1 Å². The van der Waals surface area contributed by atoms with Crippen LogP contribution in [0.15, 0.2) is 64.1 Å². The average Bonchev–Trinajstić information content (AvgIpc) is 3.20. The molecule has 1 N–H and O–H groups in total. The van der Waals surface area contributed by atoms with Crippen LogP contribution in [-0.4, -0.2) is 38.6 Å². The molecule has 0 amide bonds. The van der Waals surface area contributed by atoms with Gasteiger partial charge in [0, 0.05) is 58.9 Å². The van der Waals surface area contributed by atoms with Gasteiger partial charge in [-0.05, 0) is 42.1 Å². The monoisotopic (exact) mass is 533 g/mol. The van der Waals surface area contributed by atoms with Gasteiger partial charge in [0.25, 0.3) is 16.4 Å². The van der Waals surface area contributed by atoms with E-state index in [2.05, 4.69) is 26.1 Å². The zero-order chi connectivity index (χ0) is 23.3. The van der Waals surface area contributed by atoms with Crippen LogP contribution in [-0.2, 0) is 10.0 Å². The van der Waals surface area contributed by atoms with E-state index in [-0.39, 0.29) is 21.4 Å². The number of alkyl halides is 2. The highest BCUT2D eigenvalue weighted by molar-refractivity contribution is 9.10. The Morgan fingerprint density at radius 2 is 1.70 bits per heavy atom. The van der Waals surface area contributed by atoms with Gasteiger partial charge in [0.1, 0.15) is 0 Å². The molecular formula is C24H22BrF2N3O2S. The molecule has 0 atom stereocenters. The Labute approximate surface area is 199 Å². The second-order valence-corrected chi connectivity index (χ2v) is 10.8. The number of benzene rings is 3. The van der Waals surface area contributed by atoms with Gasteiger partial charge >= 0.3 is 0 Å². The third-order valence-electron chi connectivity index (χ3n) is 6.24. The van der Waals surface area contributed by atoms with Gasteiger partial charge in [-0.25, -0.2) is 21.2 Å². The van der Waals surface area contributed by atoms with Crippen LogP contribution in [0.4, 0.5) is 14.5 Å². The Morgan fingerprint density at radius 3 is 2.39 bits per heavy atom. The second-order valence-electron chi connectivity index (χ2n) is 8.15. The summed E-state index contributed by atoms with van der Waals surface area (Å²) in [5, 5.41) is 4.93. The number of aromatic nitrogens is 1. The number of anilines is 1. The number of halogens is 3. The second kappa shape index (κ2) is 8.38. The first-order valence-corrected chi connectivity index (χ1v) is 12.8. The van der Waals surface area contributed by atoms with Gasteiger partial charge in [0.15, 0.2) is 0 Å². The molecule has 1 aromatic heterocycles. The topological polar surface area (TPSA) is 54.3 Å². The summed E-state index contributed by atoms with van der Waals surface area (Å²) in [6, 6.07) is 13.8. The van der Waals surface area contributed by atoms with Crippen LogP contribution < -0.4 is 10.2 Å². The lowest BCUT2D eigenvalue weighted by molar-refractivity contribution is 0.153. The largest absolute Gasteiger partial charge is 0.369 e. The number of piperazine rings is 1. The number of aryl methyl sites for hydroxylation is 1. The fourth-order valence-corrected chi connectivity index (χ4v) is 6.56. The number of rotatable bonds is 4. The van der Waals surface area contributed by atoms with E-state index in [9.17, 15) is 17.2 Å². The van der Waals surface area contributed by atoms with E-state index in [4.69, 9.17) is 0 Å². The van der Waals surface area contributed by atoms with Crippen LogP contribution in [0.25, 0.3) is 21.7 Å². The summed E-state index contributed by atoms with van der Waals surface area (Å²) in [6.45, 7) is 5.13. The van der Waals surface area contributed by atoms with E-state index in [1.54, 1.807) is 30.3 Å².